The molecule has 0 bridgehead atoms. The molecule has 4 nitrogen and oxygen atoms in total. The van der Waals surface area contributed by atoms with E-state index in [4.69, 9.17) is 16.3 Å². The van der Waals surface area contributed by atoms with Crippen LogP contribution in [-0.4, -0.2) is 30.5 Å². The summed E-state index contributed by atoms with van der Waals surface area (Å²) in [4.78, 5) is 14.4. The van der Waals surface area contributed by atoms with Gasteiger partial charge < -0.3 is 10.1 Å². The van der Waals surface area contributed by atoms with Crippen LogP contribution < -0.4 is 5.32 Å². The van der Waals surface area contributed by atoms with Crippen molar-refractivity contribution in [3.8, 4) is 0 Å². The lowest BCUT2D eigenvalue weighted by Crippen LogP contribution is -2.53. The van der Waals surface area contributed by atoms with Crippen molar-refractivity contribution in [3.63, 3.8) is 0 Å². The summed E-state index contributed by atoms with van der Waals surface area (Å²) in [5, 5.41) is 3.61. The minimum atomic E-state index is -0.779. The van der Waals surface area contributed by atoms with Crippen molar-refractivity contribution < 1.29 is 9.53 Å². The first-order chi connectivity index (χ1) is 11.2. The average Bonchev–Trinajstić information content (AvgIpc) is 2.70. The van der Waals surface area contributed by atoms with E-state index >= 15 is 0 Å². The number of hydrogen-bond acceptors (Lipinski definition) is 3. The summed E-state index contributed by atoms with van der Waals surface area (Å²) in [6.07, 6.45) is 0.901. The number of carbonyl (C=O) groups excluding carboxylic acids is 1. The molecule has 2 aliphatic rings. The van der Waals surface area contributed by atoms with Gasteiger partial charge in [-0.3, -0.25) is 9.69 Å². The van der Waals surface area contributed by atoms with Crippen LogP contribution in [0.25, 0.3) is 0 Å². The maximum atomic E-state index is 12.3. The summed E-state index contributed by atoms with van der Waals surface area (Å²) in [6, 6.07) is 15.6. The van der Waals surface area contributed by atoms with Gasteiger partial charge in [0.1, 0.15) is 0 Å². The van der Waals surface area contributed by atoms with E-state index in [-0.39, 0.29) is 5.91 Å². The van der Waals surface area contributed by atoms with Crippen molar-refractivity contribution in [2.24, 2.45) is 0 Å². The zero-order valence-electron chi connectivity index (χ0n) is 12.6. The summed E-state index contributed by atoms with van der Waals surface area (Å²) >= 11 is 6.26. The minimum absolute atomic E-state index is 0.0307. The molecule has 0 saturated carbocycles. The van der Waals surface area contributed by atoms with Gasteiger partial charge in [-0.1, -0.05) is 41.9 Å². The van der Waals surface area contributed by atoms with Gasteiger partial charge in [0, 0.05) is 28.4 Å². The Balaban J connectivity index is 2.01. The lowest BCUT2D eigenvalue weighted by Gasteiger charge is -2.46. The van der Waals surface area contributed by atoms with Crippen molar-refractivity contribution in [2.45, 2.75) is 12.1 Å². The number of anilines is 1. The summed E-state index contributed by atoms with van der Waals surface area (Å²) in [6.45, 7) is 1.74. The molecule has 0 aliphatic carbocycles. The first-order valence-electron chi connectivity index (χ1n) is 7.74. The Morgan fingerprint density at radius 1 is 1.17 bits per heavy atom. The summed E-state index contributed by atoms with van der Waals surface area (Å²) in [5.74, 6) is -0.0307. The normalized spacial score (nSPS) is 24.3. The first kappa shape index (κ1) is 14.7. The van der Waals surface area contributed by atoms with E-state index in [0.29, 0.717) is 18.2 Å². The predicted octanol–water partition coefficient (Wildman–Crippen LogP) is 3.22. The van der Waals surface area contributed by atoms with Crippen LogP contribution in [0.4, 0.5) is 5.69 Å². The highest BCUT2D eigenvalue weighted by Crippen LogP contribution is 2.45. The van der Waals surface area contributed by atoms with Crippen LogP contribution in [0, 0.1) is 0 Å². The smallest absolute Gasteiger partial charge is 0.238 e. The monoisotopic (exact) mass is 328 g/mol. The third-order valence-electron chi connectivity index (χ3n) is 4.45. The Morgan fingerprint density at radius 2 is 2.00 bits per heavy atom. The molecule has 1 saturated heterocycles. The molecular weight excluding hydrogens is 312 g/mol. The fourth-order valence-electron chi connectivity index (χ4n) is 3.52. The zero-order chi connectivity index (χ0) is 15.9. The van der Waals surface area contributed by atoms with Gasteiger partial charge in [-0.2, -0.15) is 0 Å². The molecule has 2 aromatic carbocycles. The summed E-state index contributed by atoms with van der Waals surface area (Å²) < 4.78 is 6.34. The molecule has 2 aromatic rings. The summed E-state index contributed by atoms with van der Waals surface area (Å²) in [5.41, 5.74) is 1.88. The van der Waals surface area contributed by atoms with Gasteiger partial charge in [-0.25, -0.2) is 0 Å². The van der Waals surface area contributed by atoms with Gasteiger partial charge in [0.2, 0.25) is 5.91 Å². The molecular formula is C18H17ClN2O2. The minimum Gasteiger partial charge on any atom is -0.352 e. The molecule has 0 aromatic heterocycles. The SMILES string of the molecule is O=C1CN2CCCO[C@]2(c2ccccc2)c2cc(Cl)ccc2N1. The van der Waals surface area contributed by atoms with E-state index in [1.165, 1.54) is 0 Å². The van der Waals surface area contributed by atoms with E-state index < -0.39 is 5.72 Å². The number of nitrogens with one attached hydrogen (secondary N) is 1. The van der Waals surface area contributed by atoms with Gasteiger partial charge >= 0.3 is 0 Å². The second-order valence-corrected chi connectivity index (χ2v) is 6.31. The Bertz CT molecular complexity index is 750. The molecule has 1 fully saturated rings. The summed E-state index contributed by atoms with van der Waals surface area (Å²) in [7, 11) is 0. The molecule has 4 rings (SSSR count). The molecule has 2 aliphatic heterocycles. The van der Waals surface area contributed by atoms with Crippen LogP contribution in [0.1, 0.15) is 17.5 Å². The van der Waals surface area contributed by atoms with Crippen LogP contribution in [0.3, 0.4) is 0 Å². The van der Waals surface area contributed by atoms with Crippen LogP contribution in [0.15, 0.2) is 48.5 Å². The Kier molecular flexibility index (Phi) is 3.60. The fraction of sp³-hybridized carbons (Fsp3) is 0.278. The van der Waals surface area contributed by atoms with E-state index in [9.17, 15) is 4.79 Å². The molecule has 0 spiro atoms. The lowest BCUT2D eigenvalue weighted by molar-refractivity contribution is -0.167. The lowest BCUT2D eigenvalue weighted by atomic mass is 9.90. The van der Waals surface area contributed by atoms with E-state index in [2.05, 4.69) is 10.2 Å². The maximum absolute atomic E-state index is 12.3. The second kappa shape index (κ2) is 5.64. The largest absolute Gasteiger partial charge is 0.352 e. The van der Waals surface area contributed by atoms with Gasteiger partial charge in [-0.05, 0) is 24.6 Å². The van der Waals surface area contributed by atoms with Gasteiger partial charge in [-0.15, -0.1) is 0 Å². The van der Waals surface area contributed by atoms with Crippen LogP contribution >= 0.6 is 11.6 Å². The molecule has 0 radical (unpaired) electrons. The molecule has 23 heavy (non-hydrogen) atoms. The van der Waals surface area contributed by atoms with Gasteiger partial charge in [0.15, 0.2) is 5.72 Å². The van der Waals surface area contributed by atoms with Gasteiger partial charge in [0.05, 0.1) is 13.2 Å². The average molecular weight is 329 g/mol. The number of ether oxygens (including phenoxy) is 1. The van der Waals surface area contributed by atoms with Crippen molar-refractivity contribution >= 4 is 23.2 Å². The van der Waals surface area contributed by atoms with Crippen LogP contribution in [-0.2, 0) is 15.3 Å². The Labute approximate surface area is 140 Å². The first-order valence-corrected chi connectivity index (χ1v) is 8.12. The predicted molar refractivity (Wildman–Crippen MR) is 89.4 cm³/mol. The van der Waals surface area contributed by atoms with E-state index in [1.54, 1.807) is 6.07 Å². The number of hydrogen-bond donors (Lipinski definition) is 1. The quantitative estimate of drug-likeness (QED) is 0.874. The fourth-order valence-corrected chi connectivity index (χ4v) is 3.69. The zero-order valence-corrected chi connectivity index (χ0v) is 13.3. The molecule has 1 N–H and O–H groups in total. The maximum Gasteiger partial charge on any atom is 0.238 e. The number of halogens is 1. The standard InChI is InChI=1S/C18H17ClN2O2/c19-14-7-8-16-15(11-14)18(13-5-2-1-3-6-13)21(9-4-10-23-18)12-17(22)20-16/h1-3,5-8,11H,4,9-10,12H2,(H,20,22)/t18-/m1/s1. The number of rotatable bonds is 1. The number of carbonyl (C=O) groups is 1. The third-order valence-corrected chi connectivity index (χ3v) is 4.68. The van der Waals surface area contributed by atoms with Crippen molar-refractivity contribution in [3.05, 3.63) is 64.7 Å². The molecule has 118 valence electrons. The molecule has 5 heteroatoms. The number of amides is 1. The van der Waals surface area contributed by atoms with Gasteiger partial charge in [0.25, 0.3) is 0 Å². The van der Waals surface area contributed by atoms with Crippen LogP contribution in [0.2, 0.25) is 5.02 Å². The highest BCUT2D eigenvalue weighted by atomic mass is 35.5. The van der Waals surface area contributed by atoms with Crippen molar-refractivity contribution in [2.75, 3.05) is 25.0 Å². The number of benzene rings is 2. The topological polar surface area (TPSA) is 41.6 Å². The third kappa shape index (κ3) is 2.34. The number of fused-ring (bicyclic) bond motifs is 3. The molecule has 2 heterocycles. The second-order valence-electron chi connectivity index (χ2n) is 5.87. The van der Waals surface area contributed by atoms with E-state index in [1.807, 2.05) is 42.5 Å². The molecule has 1 amide bonds. The van der Waals surface area contributed by atoms with Crippen molar-refractivity contribution in [1.29, 1.82) is 0 Å². The Morgan fingerprint density at radius 3 is 2.83 bits per heavy atom. The van der Waals surface area contributed by atoms with E-state index in [0.717, 1.165) is 29.8 Å². The number of nitrogens with zero attached hydrogens (tertiary/aromatic N) is 1. The Hall–Kier alpha value is -1.88. The van der Waals surface area contributed by atoms with Crippen LogP contribution in [0.5, 0.6) is 0 Å². The highest BCUT2D eigenvalue weighted by Gasteiger charge is 2.47. The molecule has 1 atom stereocenters. The molecule has 0 unspecified atom stereocenters. The van der Waals surface area contributed by atoms with Crippen molar-refractivity contribution in [1.82, 2.24) is 4.90 Å². The highest BCUT2D eigenvalue weighted by molar-refractivity contribution is 6.30.